The van der Waals surface area contributed by atoms with Crippen molar-refractivity contribution in [1.29, 1.82) is 0 Å². The predicted octanol–water partition coefficient (Wildman–Crippen LogP) is 5.78. The summed E-state index contributed by atoms with van der Waals surface area (Å²) >= 11 is 6.36. The molecule has 5 nitrogen and oxygen atoms in total. The van der Waals surface area contributed by atoms with E-state index < -0.39 is 0 Å². The van der Waals surface area contributed by atoms with Crippen LogP contribution in [0.4, 0.5) is 17.1 Å². The highest BCUT2D eigenvalue weighted by atomic mass is 35.5. The van der Waals surface area contributed by atoms with Crippen molar-refractivity contribution in [1.82, 2.24) is 0 Å². The molecule has 0 saturated carbocycles. The second kappa shape index (κ2) is 9.82. The van der Waals surface area contributed by atoms with Gasteiger partial charge in [0.2, 0.25) is 0 Å². The summed E-state index contributed by atoms with van der Waals surface area (Å²) < 4.78 is 11.5. The molecule has 0 aromatic heterocycles. The van der Waals surface area contributed by atoms with Crippen molar-refractivity contribution >= 4 is 34.6 Å². The van der Waals surface area contributed by atoms with Crippen LogP contribution in [0.5, 0.6) is 0 Å². The molecule has 1 atom stereocenters. The minimum absolute atomic E-state index is 0.0155. The van der Waals surface area contributed by atoms with Gasteiger partial charge in [0.15, 0.2) is 6.29 Å². The Labute approximate surface area is 183 Å². The Morgan fingerprint density at radius 2 is 1.93 bits per heavy atom. The van der Waals surface area contributed by atoms with Crippen molar-refractivity contribution in [2.24, 2.45) is 0 Å². The van der Waals surface area contributed by atoms with Gasteiger partial charge in [0, 0.05) is 24.7 Å². The Hall–Kier alpha value is -2.08. The number of anilines is 3. The third kappa shape index (κ3) is 4.48. The molecule has 2 aromatic rings. The van der Waals surface area contributed by atoms with Crippen molar-refractivity contribution in [2.75, 3.05) is 36.1 Å². The number of amides is 1. The van der Waals surface area contributed by atoms with E-state index in [0.717, 1.165) is 67.9 Å². The van der Waals surface area contributed by atoms with E-state index in [1.807, 2.05) is 47.4 Å². The molecule has 1 fully saturated rings. The summed E-state index contributed by atoms with van der Waals surface area (Å²) in [4.78, 5) is 17.6. The van der Waals surface area contributed by atoms with Crippen LogP contribution in [0.25, 0.3) is 0 Å². The Balaban J connectivity index is 1.59. The van der Waals surface area contributed by atoms with E-state index in [-0.39, 0.29) is 12.2 Å². The quantitative estimate of drug-likeness (QED) is 0.524. The Morgan fingerprint density at radius 1 is 1.07 bits per heavy atom. The van der Waals surface area contributed by atoms with Crippen LogP contribution in [0.3, 0.4) is 0 Å². The van der Waals surface area contributed by atoms with E-state index in [9.17, 15) is 4.79 Å². The molecule has 1 saturated heterocycles. The summed E-state index contributed by atoms with van der Waals surface area (Å²) in [5, 5.41) is 0.666. The first-order chi connectivity index (χ1) is 14.7. The first-order valence-corrected chi connectivity index (χ1v) is 11.3. The lowest BCUT2D eigenvalue weighted by Gasteiger charge is -2.27. The topological polar surface area (TPSA) is 42.0 Å². The van der Waals surface area contributed by atoms with Crippen LogP contribution in [0.2, 0.25) is 5.02 Å². The molecule has 160 valence electrons. The highest BCUT2D eigenvalue weighted by Gasteiger charge is 2.30. The lowest BCUT2D eigenvalue weighted by atomic mass is 10.1. The van der Waals surface area contributed by atoms with Crippen molar-refractivity contribution in [3.8, 4) is 0 Å². The van der Waals surface area contributed by atoms with Gasteiger partial charge in [-0.1, -0.05) is 30.7 Å². The number of ether oxygens (including phenoxy) is 2. The monoisotopic (exact) mass is 428 g/mol. The maximum atomic E-state index is 13.5. The third-order valence-electron chi connectivity index (χ3n) is 5.60. The van der Waals surface area contributed by atoms with E-state index >= 15 is 0 Å². The van der Waals surface area contributed by atoms with Crippen LogP contribution in [-0.2, 0) is 9.47 Å². The van der Waals surface area contributed by atoms with E-state index in [2.05, 4.69) is 11.8 Å². The van der Waals surface area contributed by atoms with Gasteiger partial charge in [0.25, 0.3) is 5.91 Å². The molecule has 0 aliphatic carbocycles. The number of hydrogen-bond acceptors (Lipinski definition) is 4. The molecule has 0 radical (unpaired) electrons. The molecule has 2 heterocycles. The summed E-state index contributed by atoms with van der Waals surface area (Å²) in [6.45, 7) is 4.87. The summed E-state index contributed by atoms with van der Waals surface area (Å²) in [5.74, 6) is 0.0155. The molecule has 30 heavy (non-hydrogen) atoms. The van der Waals surface area contributed by atoms with E-state index in [0.29, 0.717) is 18.2 Å². The number of rotatable bonds is 7. The van der Waals surface area contributed by atoms with Gasteiger partial charge in [-0.2, -0.15) is 0 Å². The molecule has 2 aromatic carbocycles. The standard InChI is InChI=1S/C24H29ClN2O3/c1-2-13-26-20-9-4-3-8-19(20)24(28)27(21-12-11-18(25)17-22(21)26)14-7-16-30-23-10-5-6-15-29-23/h3-4,8-9,11-12,17,23H,2,5-7,10,13-16H2,1H3. The van der Waals surface area contributed by atoms with Crippen LogP contribution in [-0.4, -0.2) is 38.5 Å². The number of benzene rings is 2. The largest absolute Gasteiger partial charge is 0.353 e. The summed E-state index contributed by atoms with van der Waals surface area (Å²) in [7, 11) is 0. The minimum Gasteiger partial charge on any atom is -0.353 e. The Kier molecular flexibility index (Phi) is 6.93. The molecule has 6 heteroatoms. The molecule has 0 bridgehead atoms. The summed E-state index contributed by atoms with van der Waals surface area (Å²) in [6, 6.07) is 13.6. The van der Waals surface area contributed by atoms with Crippen molar-refractivity contribution in [3.05, 3.63) is 53.1 Å². The summed E-state index contributed by atoms with van der Waals surface area (Å²) in [5.41, 5.74) is 3.51. The Bertz CT molecular complexity index is 883. The SMILES string of the molecule is CCCN1c2ccccc2C(=O)N(CCCOC2CCCCO2)c2ccc(Cl)cc21. The second-order valence-corrected chi connectivity index (χ2v) is 8.22. The Morgan fingerprint density at radius 3 is 2.73 bits per heavy atom. The maximum absolute atomic E-state index is 13.5. The van der Waals surface area contributed by atoms with E-state index in [1.54, 1.807) is 0 Å². The fraction of sp³-hybridized carbons (Fsp3) is 0.458. The van der Waals surface area contributed by atoms with Crippen LogP contribution in [0.1, 0.15) is 49.4 Å². The van der Waals surface area contributed by atoms with Gasteiger partial charge in [-0.3, -0.25) is 4.79 Å². The fourth-order valence-electron chi connectivity index (χ4n) is 4.18. The molecular formula is C24H29ClN2O3. The van der Waals surface area contributed by atoms with Gasteiger partial charge < -0.3 is 19.3 Å². The average Bonchev–Trinajstić information content (AvgIpc) is 2.86. The van der Waals surface area contributed by atoms with Crippen LogP contribution >= 0.6 is 11.6 Å². The molecule has 2 aliphatic rings. The zero-order valence-electron chi connectivity index (χ0n) is 17.5. The number of nitrogens with zero attached hydrogens (tertiary/aromatic N) is 2. The van der Waals surface area contributed by atoms with Crippen LogP contribution < -0.4 is 9.80 Å². The molecule has 1 unspecified atom stereocenters. The first kappa shape index (κ1) is 21.2. The first-order valence-electron chi connectivity index (χ1n) is 10.9. The summed E-state index contributed by atoms with van der Waals surface area (Å²) in [6.07, 6.45) is 4.80. The molecular weight excluding hydrogens is 400 g/mol. The molecule has 1 amide bonds. The lowest BCUT2D eigenvalue weighted by molar-refractivity contribution is -0.162. The van der Waals surface area contributed by atoms with Crippen molar-refractivity contribution in [2.45, 2.75) is 45.3 Å². The number of hydrogen-bond donors (Lipinski definition) is 0. The smallest absolute Gasteiger partial charge is 0.260 e. The van der Waals surface area contributed by atoms with Gasteiger partial charge in [0.05, 0.1) is 29.2 Å². The lowest BCUT2D eigenvalue weighted by Crippen LogP contribution is -2.32. The molecule has 2 aliphatic heterocycles. The van der Waals surface area contributed by atoms with Gasteiger partial charge in [-0.25, -0.2) is 0 Å². The van der Waals surface area contributed by atoms with Gasteiger partial charge in [-0.15, -0.1) is 0 Å². The molecule has 0 spiro atoms. The molecule has 4 rings (SSSR count). The van der Waals surface area contributed by atoms with Crippen molar-refractivity contribution in [3.63, 3.8) is 0 Å². The van der Waals surface area contributed by atoms with Crippen LogP contribution in [0, 0.1) is 0 Å². The number of fused-ring (bicyclic) bond motifs is 2. The number of carbonyl (C=O) groups is 1. The second-order valence-electron chi connectivity index (χ2n) is 7.78. The third-order valence-corrected chi connectivity index (χ3v) is 5.84. The van der Waals surface area contributed by atoms with Crippen LogP contribution in [0.15, 0.2) is 42.5 Å². The predicted molar refractivity (Wildman–Crippen MR) is 121 cm³/mol. The van der Waals surface area contributed by atoms with Gasteiger partial charge in [-0.05, 0) is 62.4 Å². The zero-order valence-corrected chi connectivity index (χ0v) is 18.2. The molecule has 0 N–H and O–H groups in total. The highest BCUT2D eigenvalue weighted by Crippen LogP contribution is 2.42. The maximum Gasteiger partial charge on any atom is 0.260 e. The zero-order chi connectivity index (χ0) is 20.9. The van der Waals surface area contributed by atoms with Gasteiger partial charge >= 0.3 is 0 Å². The van der Waals surface area contributed by atoms with Gasteiger partial charge in [0.1, 0.15) is 0 Å². The number of halogens is 1. The average molecular weight is 429 g/mol. The highest BCUT2D eigenvalue weighted by molar-refractivity contribution is 6.31. The normalized spacial score (nSPS) is 18.7. The van der Waals surface area contributed by atoms with Crippen molar-refractivity contribution < 1.29 is 14.3 Å². The van der Waals surface area contributed by atoms with E-state index in [4.69, 9.17) is 21.1 Å². The minimum atomic E-state index is -0.106. The number of para-hydroxylation sites is 1. The van der Waals surface area contributed by atoms with E-state index in [1.165, 1.54) is 0 Å². The number of carbonyl (C=O) groups excluding carboxylic acids is 1. The fourth-order valence-corrected chi connectivity index (χ4v) is 4.35.